The third kappa shape index (κ3) is 25.7. The lowest BCUT2D eigenvalue weighted by molar-refractivity contribution is -0.277. The zero-order valence-corrected chi connectivity index (χ0v) is 72.7. The molecule has 0 unspecified atom stereocenters. The van der Waals surface area contributed by atoms with E-state index in [0.717, 1.165) is 123 Å². The number of aliphatic hydroxyl groups excluding tert-OH is 16. The smallest absolute Gasteiger partial charge is 0.229 e. The van der Waals surface area contributed by atoms with E-state index in [1.165, 1.54) is 6.07 Å². The Hall–Kier alpha value is -9.31. The van der Waals surface area contributed by atoms with Gasteiger partial charge in [0.25, 0.3) is 0 Å². The molecule has 24 atom stereocenters. The molecule has 8 aliphatic heterocycles. The number of aliphatic hydroxyl groups is 16. The average Bonchev–Trinajstić information content (AvgIpc) is 0.818. The van der Waals surface area contributed by atoms with Crippen molar-refractivity contribution in [2.75, 3.05) is 79.3 Å². The molecule has 8 fully saturated rings. The normalized spacial score (nSPS) is 29.9. The van der Waals surface area contributed by atoms with Crippen molar-refractivity contribution in [1.82, 2.24) is 0 Å². The van der Waals surface area contributed by atoms with Gasteiger partial charge in [-0.05, 0) is 144 Å². The highest BCUT2D eigenvalue weighted by molar-refractivity contribution is 5.49. The van der Waals surface area contributed by atoms with Crippen molar-refractivity contribution in [1.29, 1.82) is 5.26 Å². The van der Waals surface area contributed by atoms with Crippen LogP contribution in [0.4, 0.5) is 0 Å². The van der Waals surface area contributed by atoms with Crippen LogP contribution in [0.1, 0.15) is 98.0 Å². The number of aryl methyl sites for hydroxylation is 4. The molecule has 0 saturated carbocycles. The molecule has 16 rings (SSSR count). The standard InChI is InChI=1S/C25H32O8.C24H27NO8.2C24H30O8/c1-14-9-15(2)19(11-16-3-5-17(6-4-16)31-18-7-8-30-13-18)20(10-14)32-25-24(29)23(28)22(27)21(12-26)33-25;25-11-15-1-4-16(9-14-2-5-17(6-3-14)31-18-7-8-30-13-18)19(10-15)32-24-23(29)22(28)21(27)20(12-26)33-24;1-14-2-4-15(5-3-14)10-16-6-7-17(30-18-8-9-29-13-18)11-19(16)31-24-23(28)22(27)21(26)20(12-25)32-24;1-14-3-2-4-19(31-24-23(28)22(27)21(26)20(12-25)32-24)18(14)11-15-5-7-16(8-6-15)30-17-9-10-29-13-17/h3-6,9-10,18,21-29H,7-8,11-13H2,1-2H3;1-6,10,18,20-24,26-29H,7-9,12-13H2;2-7,11,18,20-28H,8-10,12-13H2,1H3;2-8,17,20-28H,9-13H2,1H3/t18-,21+,22+,23-,24+,25+;18-,20+,21+,22-,23+,24+;18-,20-,21-,22+,23-,24-;17-,20+,21+,22-,23+,24+/m0010/s1. The van der Waals surface area contributed by atoms with Gasteiger partial charge in [0.15, 0.2) is 0 Å². The summed E-state index contributed by atoms with van der Waals surface area (Å²) < 4.78 is 90.9. The van der Waals surface area contributed by atoms with Crippen LogP contribution in [0.2, 0.25) is 0 Å². The molecule has 33 nitrogen and oxygen atoms in total. The van der Waals surface area contributed by atoms with Gasteiger partial charge in [0.2, 0.25) is 25.2 Å². The molecule has 8 aliphatic rings. The third-order valence-electron chi connectivity index (χ3n) is 23.7. The number of hydrogen-bond acceptors (Lipinski definition) is 33. The summed E-state index contributed by atoms with van der Waals surface area (Å²) in [6.45, 7) is 11.0. The molecule has 0 amide bonds. The van der Waals surface area contributed by atoms with Gasteiger partial charge in [0.1, 0.15) is 168 Å². The van der Waals surface area contributed by atoms with Gasteiger partial charge >= 0.3 is 0 Å². The molecule has 0 spiro atoms. The summed E-state index contributed by atoms with van der Waals surface area (Å²) in [6, 6.07) is 53.4. The van der Waals surface area contributed by atoms with Crippen LogP contribution in [0.3, 0.4) is 0 Å². The second-order valence-electron chi connectivity index (χ2n) is 33.6. The molecule has 8 aromatic rings. The zero-order valence-electron chi connectivity index (χ0n) is 72.7. The molecule has 0 bridgehead atoms. The first-order valence-corrected chi connectivity index (χ1v) is 43.8. The van der Waals surface area contributed by atoms with Crippen LogP contribution in [-0.4, -0.2) is 308 Å². The minimum Gasteiger partial charge on any atom is -0.488 e. The number of nitriles is 1. The first kappa shape index (κ1) is 98.2. The van der Waals surface area contributed by atoms with Gasteiger partial charge in [-0.1, -0.05) is 96.6 Å². The molecule has 33 heteroatoms. The second kappa shape index (κ2) is 46.9. The van der Waals surface area contributed by atoms with Crippen LogP contribution in [0.25, 0.3) is 0 Å². The average molecular weight is 1810 g/mol. The molecule has 0 radical (unpaired) electrons. The van der Waals surface area contributed by atoms with Gasteiger partial charge in [-0.2, -0.15) is 5.26 Å². The Kier molecular flexibility index (Phi) is 35.4. The van der Waals surface area contributed by atoms with Crippen LogP contribution in [0, 0.1) is 39.0 Å². The molecule has 16 N–H and O–H groups in total. The third-order valence-corrected chi connectivity index (χ3v) is 23.7. The van der Waals surface area contributed by atoms with E-state index in [2.05, 4.69) is 0 Å². The van der Waals surface area contributed by atoms with Crippen LogP contribution < -0.4 is 37.9 Å². The first-order valence-electron chi connectivity index (χ1n) is 43.8. The highest BCUT2D eigenvalue weighted by Gasteiger charge is 2.49. The van der Waals surface area contributed by atoms with E-state index < -0.39 is 149 Å². The van der Waals surface area contributed by atoms with Gasteiger partial charge in [-0.25, -0.2) is 0 Å². The number of hydrogen-bond donors (Lipinski definition) is 16. The van der Waals surface area contributed by atoms with E-state index in [0.29, 0.717) is 99.6 Å². The van der Waals surface area contributed by atoms with Gasteiger partial charge in [0, 0.05) is 68.6 Å². The first-order chi connectivity index (χ1) is 62.7. The molecule has 8 aromatic carbocycles. The minimum absolute atomic E-state index is 0.0435. The number of ether oxygens (including phenoxy) is 16. The van der Waals surface area contributed by atoms with E-state index in [1.54, 1.807) is 24.3 Å². The summed E-state index contributed by atoms with van der Waals surface area (Å²) in [4.78, 5) is 0. The fourth-order valence-electron chi connectivity index (χ4n) is 16.0. The van der Waals surface area contributed by atoms with Crippen molar-refractivity contribution in [2.45, 2.75) is 226 Å². The summed E-state index contributed by atoms with van der Waals surface area (Å²) >= 11 is 0. The van der Waals surface area contributed by atoms with Crippen molar-refractivity contribution in [3.05, 3.63) is 236 Å². The van der Waals surface area contributed by atoms with E-state index in [9.17, 15) is 87.0 Å². The maximum Gasteiger partial charge on any atom is 0.229 e. The fourth-order valence-corrected chi connectivity index (χ4v) is 16.0. The van der Waals surface area contributed by atoms with Crippen molar-refractivity contribution >= 4 is 0 Å². The molecule has 704 valence electrons. The van der Waals surface area contributed by atoms with Gasteiger partial charge < -0.3 is 157 Å². The van der Waals surface area contributed by atoms with Crippen LogP contribution in [0.15, 0.2) is 164 Å². The van der Waals surface area contributed by atoms with Crippen LogP contribution in [0.5, 0.6) is 46.0 Å². The monoisotopic (exact) mass is 1810 g/mol. The summed E-state index contributed by atoms with van der Waals surface area (Å²) in [6.07, 6.45) is -21.2. The summed E-state index contributed by atoms with van der Waals surface area (Å²) in [5.41, 5.74) is 12.0. The van der Waals surface area contributed by atoms with Crippen molar-refractivity contribution in [3.8, 4) is 52.1 Å². The molecule has 0 aliphatic carbocycles. The molecular weight excluding hydrogens is 1690 g/mol. The highest BCUT2D eigenvalue weighted by Crippen LogP contribution is 2.38. The molecule has 8 heterocycles. The predicted molar refractivity (Wildman–Crippen MR) is 463 cm³/mol. The number of benzene rings is 8. The largest absolute Gasteiger partial charge is 0.488 e. The number of rotatable bonds is 28. The lowest BCUT2D eigenvalue weighted by Gasteiger charge is -2.39. The topological polar surface area (TPSA) is 495 Å². The van der Waals surface area contributed by atoms with Crippen molar-refractivity contribution in [3.63, 3.8) is 0 Å². The summed E-state index contributed by atoms with van der Waals surface area (Å²) in [7, 11) is 0. The van der Waals surface area contributed by atoms with E-state index in [4.69, 9.17) is 75.8 Å². The van der Waals surface area contributed by atoms with E-state index in [1.807, 2.05) is 167 Å². The van der Waals surface area contributed by atoms with Gasteiger partial charge in [-0.15, -0.1) is 0 Å². The Labute approximate surface area is 753 Å². The van der Waals surface area contributed by atoms with E-state index >= 15 is 0 Å². The lowest BCUT2D eigenvalue weighted by Crippen LogP contribution is -2.60. The Bertz CT molecular complexity index is 4860. The quantitative estimate of drug-likeness (QED) is 0.0333. The zero-order chi connectivity index (χ0) is 92.2. The lowest BCUT2D eigenvalue weighted by atomic mass is 9.97. The SMILES string of the molecule is Cc1cc(C)c(Cc2ccc(O[C@H]3CCOC3)cc2)c(O[C@@H]2O[C@H](CO)[C@@H](O)[C@H](O)[C@H]2O)c1.Cc1ccc(Cc2ccc(O[C@@H]3CCOC3)cc2O[C@@H]2O[C@H](CO)[C@@H](O)[C@H](O)[C@H]2O)cc1.Cc1cccc(O[C@@H]2O[C@H](CO)[C@@H](O)[C@H](O)[C@H]2O)c1Cc1ccc(O[C@H]2CCOC2)cc1.N#Cc1ccc(Cc2ccc(O[C@H]3CCOC3)cc2)c(O[C@@H]2O[C@H](CO)[C@@H](O)[C@H](O)[C@H]2O)c1. The van der Waals surface area contributed by atoms with Crippen LogP contribution in [-0.2, 0) is 63.6 Å². The molecular formula is C97H119NO32. The second-order valence-corrected chi connectivity index (χ2v) is 33.6. The minimum atomic E-state index is -1.55. The molecule has 0 aromatic heterocycles. The maximum absolute atomic E-state index is 10.4. The van der Waals surface area contributed by atoms with E-state index in [-0.39, 0.29) is 24.4 Å². The summed E-state index contributed by atoms with van der Waals surface area (Å²) in [5.74, 6) is 4.67. The Morgan fingerprint density at radius 2 is 0.623 bits per heavy atom. The maximum atomic E-state index is 10.4. The van der Waals surface area contributed by atoms with Gasteiger partial charge in [-0.3, -0.25) is 0 Å². The van der Waals surface area contributed by atoms with Crippen molar-refractivity contribution in [2.24, 2.45) is 0 Å². The van der Waals surface area contributed by atoms with Crippen molar-refractivity contribution < 1.29 is 157 Å². The van der Waals surface area contributed by atoms with Gasteiger partial charge in [0.05, 0.1) is 90.9 Å². The Balaban J connectivity index is 0.000000148. The fraction of sp³-hybridized carbons (Fsp3) is 0.495. The molecule has 8 saturated heterocycles. The highest BCUT2D eigenvalue weighted by atomic mass is 16.7. The van der Waals surface area contributed by atoms with Crippen LogP contribution >= 0.6 is 0 Å². The Morgan fingerprint density at radius 1 is 0.300 bits per heavy atom. The Morgan fingerprint density at radius 3 is 0.985 bits per heavy atom. The summed E-state index contributed by atoms with van der Waals surface area (Å²) in [5, 5.41) is 169. The number of nitrogens with zero attached hydrogens (tertiary/aromatic N) is 1. The predicted octanol–water partition coefficient (Wildman–Crippen LogP) is 3.60. The molecule has 130 heavy (non-hydrogen) atoms.